The molecule has 1 N–H and O–H groups in total. The fourth-order valence-corrected chi connectivity index (χ4v) is 6.89. The number of aromatic nitrogens is 8. The van der Waals surface area contributed by atoms with E-state index in [1.54, 1.807) is 36.6 Å². The molecule has 14 nitrogen and oxygen atoms in total. The second-order valence-electron chi connectivity index (χ2n) is 13.4. The first kappa shape index (κ1) is 35.0. The molecule has 3 aromatic heterocycles. The largest absolute Gasteiger partial charge is 0.487 e. The Kier molecular flexibility index (Phi) is 11.6. The van der Waals surface area contributed by atoms with Gasteiger partial charge in [0.05, 0.1) is 49.2 Å². The second kappa shape index (κ2) is 16.2. The molecule has 1 aliphatic carbocycles. The predicted molar refractivity (Wildman–Crippen MR) is 185 cm³/mol. The third-order valence-electron chi connectivity index (χ3n) is 8.99. The summed E-state index contributed by atoms with van der Waals surface area (Å²) in [5.41, 5.74) is 2.43. The summed E-state index contributed by atoms with van der Waals surface area (Å²) in [6, 6.07) is 6.48. The minimum Gasteiger partial charge on any atom is -0.487 e. The molecule has 2 aliphatic rings. The molecular formula is C34H47ClN10O4. The van der Waals surface area contributed by atoms with E-state index in [2.05, 4.69) is 61.2 Å². The molecule has 4 aromatic rings. The maximum atomic E-state index is 6.47. The summed E-state index contributed by atoms with van der Waals surface area (Å²) in [5, 5.41) is 20.0. The number of nitrogens with zero attached hydrogens (tertiary/aromatic N) is 9. The van der Waals surface area contributed by atoms with E-state index in [9.17, 15) is 0 Å². The molecule has 15 heteroatoms. The lowest BCUT2D eigenvalue weighted by atomic mass is 9.89. The second-order valence-corrected chi connectivity index (χ2v) is 13.8. The van der Waals surface area contributed by atoms with Gasteiger partial charge in [0.2, 0.25) is 5.95 Å². The Morgan fingerprint density at radius 1 is 1.00 bits per heavy atom. The summed E-state index contributed by atoms with van der Waals surface area (Å²) in [6.45, 7) is 11.9. The topological polar surface area (TPSA) is 139 Å². The third-order valence-corrected chi connectivity index (χ3v) is 9.30. The van der Waals surface area contributed by atoms with Crippen LogP contribution in [0.25, 0.3) is 11.1 Å². The van der Waals surface area contributed by atoms with Gasteiger partial charge in [-0.25, -0.2) is 14.6 Å². The molecule has 1 unspecified atom stereocenters. The van der Waals surface area contributed by atoms with Gasteiger partial charge in [0.15, 0.2) is 0 Å². The van der Waals surface area contributed by atoms with Crippen LogP contribution < -0.4 is 14.8 Å². The van der Waals surface area contributed by atoms with E-state index >= 15 is 0 Å². The molecule has 1 saturated heterocycles. The minimum atomic E-state index is -0.207. The molecule has 49 heavy (non-hydrogen) atoms. The Balaban J connectivity index is 1.13. The van der Waals surface area contributed by atoms with Crippen molar-refractivity contribution in [3.63, 3.8) is 0 Å². The average molecular weight is 695 g/mol. The highest BCUT2D eigenvalue weighted by atomic mass is 35.5. The molecule has 6 rings (SSSR count). The molecule has 264 valence electrons. The van der Waals surface area contributed by atoms with Crippen LogP contribution in [0.4, 0.5) is 11.6 Å². The number of tetrazole rings is 1. The van der Waals surface area contributed by atoms with Crippen molar-refractivity contribution in [1.29, 1.82) is 0 Å². The first-order chi connectivity index (χ1) is 23.7. The average Bonchev–Trinajstić information content (AvgIpc) is 3.75. The first-order valence-electron chi connectivity index (χ1n) is 17.1. The maximum absolute atomic E-state index is 6.47. The van der Waals surface area contributed by atoms with Gasteiger partial charge in [-0.3, -0.25) is 9.58 Å². The number of rotatable bonds is 14. The van der Waals surface area contributed by atoms with Gasteiger partial charge in [0.1, 0.15) is 23.9 Å². The molecular weight excluding hydrogens is 648 g/mol. The van der Waals surface area contributed by atoms with Crippen molar-refractivity contribution in [1.82, 2.24) is 44.9 Å². The Hall–Kier alpha value is -3.85. The summed E-state index contributed by atoms with van der Waals surface area (Å²) in [5.74, 6) is 1.74. The molecule has 1 aromatic carbocycles. The van der Waals surface area contributed by atoms with Gasteiger partial charge in [-0.05, 0) is 74.6 Å². The van der Waals surface area contributed by atoms with Crippen LogP contribution in [0.2, 0.25) is 5.02 Å². The zero-order chi connectivity index (χ0) is 34.3. The SMILES string of the molecule is COCC(C)COc1nn([C@H]2CC[C@H](N3C[C@@H](C)O[C@@H](C)C3)CC2)cc1Nc1ncc(-c2ccc(Cl)c(O[C@@H](C)Cn3cnnn3)c2)cn1. The van der Waals surface area contributed by atoms with E-state index in [1.807, 2.05) is 25.3 Å². The number of methoxy groups -OCH3 is 1. The predicted octanol–water partition coefficient (Wildman–Crippen LogP) is 5.45. The van der Waals surface area contributed by atoms with Gasteiger partial charge < -0.3 is 24.3 Å². The Labute approximate surface area is 292 Å². The number of morpholine rings is 1. The molecule has 0 spiro atoms. The third kappa shape index (κ3) is 9.24. The van der Waals surface area contributed by atoms with Crippen LogP contribution >= 0.6 is 11.6 Å². The fraction of sp³-hybridized carbons (Fsp3) is 0.588. The van der Waals surface area contributed by atoms with Crippen LogP contribution in [0.5, 0.6) is 11.6 Å². The molecule has 0 radical (unpaired) electrons. The minimum absolute atomic E-state index is 0.207. The van der Waals surface area contributed by atoms with Crippen molar-refractivity contribution in [3.05, 3.63) is 48.1 Å². The van der Waals surface area contributed by atoms with Gasteiger partial charge in [-0.15, -0.1) is 10.2 Å². The van der Waals surface area contributed by atoms with Crippen molar-refractivity contribution in [2.24, 2.45) is 5.92 Å². The van der Waals surface area contributed by atoms with Gasteiger partial charge in [0, 0.05) is 50.1 Å². The van der Waals surface area contributed by atoms with Crippen LogP contribution in [0.1, 0.15) is 59.4 Å². The van der Waals surface area contributed by atoms with Gasteiger partial charge in [-0.1, -0.05) is 24.6 Å². The van der Waals surface area contributed by atoms with E-state index in [-0.39, 0.29) is 24.2 Å². The number of hydrogen-bond donors (Lipinski definition) is 1. The fourth-order valence-electron chi connectivity index (χ4n) is 6.73. The number of benzene rings is 1. The molecule has 4 atom stereocenters. The highest BCUT2D eigenvalue weighted by Gasteiger charge is 2.32. The van der Waals surface area contributed by atoms with Gasteiger partial charge in [-0.2, -0.15) is 0 Å². The lowest BCUT2D eigenvalue weighted by Crippen LogP contribution is -2.51. The maximum Gasteiger partial charge on any atom is 0.256 e. The standard InChI is InChI=1S/C34H47ClN10O4/c1-22(19-46-5)20-47-33-31(18-45(40-33)29-9-7-28(8-10-29)43-15-23(2)48-24(3)16-43)39-34-36-13-27(14-37-34)26-6-11-30(35)32(12-26)49-25(4)17-44-21-38-41-42-44/h6,11-14,18,21-25,28-29H,7-10,15-17,19-20H2,1-5H3,(H,36,37,39)/t22?,23-,24+,25-,28-,29-/m0/s1. The van der Waals surface area contributed by atoms with E-state index in [4.69, 9.17) is 35.6 Å². The van der Waals surface area contributed by atoms with E-state index in [0.29, 0.717) is 54.4 Å². The summed E-state index contributed by atoms with van der Waals surface area (Å²) < 4.78 is 27.3. The van der Waals surface area contributed by atoms with Crippen LogP contribution in [-0.4, -0.2) is 103 Å². The molecule has 1 aliphatic heterocycles. The van der Waals surface area contributed by atoms with E-state index in [1.165, 1.54) is 0 Å². The first-order valence-corrected chi connectivity index (χ1v) is 17.5. The molecule has 0 bridgehead atoms. The van der Waals surface area contributed by atoms with Gasteiger partial charge in [0.25, 0.3) is 5.88 Å². The Morgan fingerprint density at radius 2 is 1.73 bits per heavy atom. The molecule has 0 amide bonds. The summed E-state index contributed by atoms with van der Waals surface area (Å²) in [7, 11) is 1.70. The zero-order valence-corrected chi connectivity index (χ0v) is 29.7. The number of halogens is 1. The highest BCUT2D eigenvalue weighted by Crippen LogP contribution is 2.36. The number of hydrogen-bond acceptors (Lipinski definition) is 12. The van der Waals surface area contributed by atoms with Crippen molar-refractivity contribution in [2.45, 2.75) is 90.3 Å². The number of anilines is 2. The molecule has 4 heterocycles. The monoisotopic (exact) mass is 694 g/mol. The smallest absolute Gasteiger partial charge is 0.256 e. The van der Waals surface area contributed by atoms with Crippen LogP contribution in [0.15, 0.2) is 43.1 Å². The van der Waals surface area contributed by atoms with Gasteiger partial charge >= 0.3 is 0 Å². The number of nitrogens with one attached hydrogen (secondary N) is 1. The Morgan fingerprint density at radius 3 is 2.43 bits per heavy atom. The summed E-state index contributed by atoms with van der Waals surface area (Å²) >= 11 is 6.47. The summed E-state index contributed by atoms with van der Waals surface area (Å²) in [4.78, 5) is 11.9. The zero-order valence-electron chi connectivity index (χ0n) is 28.9. The van der Waals surface area contributed by atoms with Crippen molar-refractivity contribution in [2.75, 3.05) is 38.7 Å². The molecule has 1 saturated carbocycles. The summed E-state index contributed by atoms with van der Waals surface area (Å²) in [6.07, 6.45) is 11.8. The molecule has 2 fully saturated rings. The Bertz CT molecular complexity index is 1600. The quantitative estimate of drug-likeness (QED) is 0.180. The normalized spacial score (nSPS) is 22.8. The lowest BCUT2D eigenvalue weighted by molar-refractivity contribution is -0.0852. The number of ether oxygens (including phenoxy) is 4. The van der Waals surface area contributed by atoms with Crippen LogP contribution in [0, 0.1) is 5.92 Å². The van der Waals surface area contributed by atoms with Crippen molar-refractivity contribution >= 4 is 23.2 Å². The van der Waals surface area contributed by atoms with Crippen LogP contribution in [0.3, 0.4) is 0 Å². The van der Waals surface area contributed by atoms with Crippen LogP contribution in [-0.2, 0) is 16.0 Å². The van der Waals surface area contributed by atoms with E-state index in [0.717, 1.165) is 55.6 Å². The highest BCUT2D eigenvalue weighted by molar-refractivity contribution is 6.32. The van der Waals surface area contributed by atoms with E-state index < -0.39 is 0 Å². The van der Waals surface area contributed by atoms with Crippen molar-refractivity contribution in [3.8, 4) is 22.8 Å². The van der Waals surface area contributed by atoms with Crippen molar-refractivity contribution < 1.29 is 18.9 Å². The lowest BCUT2D eigenvalue weighted by Gasteiger charge is -2.42.